The number of H-pyrrole nitrogens is 1. The van der Waals surface area contributed by atoms with E-state index >= 15 is 0 Å². The van der Waals surface area contributed by atoms with Gasteiger partial charge in [0.15, 0.2) is 10.4 Å². The van der Waals surface area contributed by atoms with Crippen molar-refractivity contribution in [1.82, 2.24) is 19.3 Å². The Kier molecular flexibility index (Phi) is 3.30. The minimum Gasteiger partial charge on any atom is -0.327 e. The minimum atomic E-state index is 0.699. The van der Waals surface area contributed by atoms with Gasteiger partial charge in [-0.25, -0.2) is 4.68 Å². The Morgan fingerprint density at radius 2 is 2.10 bits per heavy atom. The molecule has 0 unspecified atom stereocenters. The maximum Gasteiger partial charge on any atom is 0.184 e. The number of nitrogens with zero attached hydrogens (tertiary/aromatic N) is 3. The minimum absolute atomic E-state index is 0.699. The third-order valence-electron chi connectivity index (χ3n) is 3.45. The molecular weight excluding hydrogens is 336 g/mol. The first kappa shape index (κ1) is 13.6. The standard InChI is InChI=1S/C14H15BrN4S/c1-4-18-13-12(9(3)17-18)16-14(20)19(13)10-5-6-11(15)8(2)7-10/h5-7H,4H2,1-3H3,(H,16,20). The van der Waals surface area contributed by atoms with Gasteiger partial charge < -0.3 is 4.98 Å². The maximum absolute atomic E-state index is 5.49. The average Bonchev–Trinajstić information content (AvgIpc) is 2.90. The molecule has 0 saturated heterocycles. The number of hydrogen-bond acceptors (Lipinski definition) is 2. The van der Waals surface area contributed by atoms with Crippen molar-refractivity contribution in [3.63, 3.8) is 0 Å². The number of aryl methyl sites for hydroxylation is 3. The molecule has 0 spiro atoms. The number of rotatable bonds is 2. The number of hydrogen-bond donors (Lipinski definition) is 1. The fourth-order valence-electron chi connectivity index (χ4n) is 2.43. The molecule has 1 aromatic carbocycles. The van der Waals surface area contributed by atoms with E-state index in [9.17, 15) is 0 Å². The van der Waals surface area contributed by atoms with Crippen LogP contribution in [0.5, 0.6) is 0 Å². The first-order valence-electron chi connectivity index (χ1n) is 6.47. The van der Waals surface area contributed by atoms with Gasteiger partial charge in [-0.05, 0) is 56.8 Å². The highest BCUT2D eigenvalue weighted by Crippen LogP contribution is 2.25. The Morgan fingerprint density at radius 3 is 2.75 bits per heavy atom. The zero-order chi connectivity index (χ0) is 14.4. The van der Waals surface area contributed by atoms with Crippen LogP contribution in [-0.4, -0.2) is 19.3 Å². The van der Waals surface area contributed by atoms with Crippen LogP contribution in [0, 0.1) is 18.6 Å². The van der Waals surface area contributed by atoms with Crippen molar-refractivity contribution in [3.05, 3.63) is 38.7 Å². The summed E-state index contributed by atoms with van der Waals surface area (Å²) in [7, 11) is 0. The topological polar surface area (TPSA) is 38.5 Å². The van der Waals surface area contributed by atoms with Crippen molar-refractivity contribution < 1.29 is 0 Å². The molecule has 0 amide bonds. The van der Waals surface area contributed by atoms with E-state index in [1.54, 1.807) is 0 Å². The van der Waals surface area contributed by atoms with Crippen molar-refractivity contribution in [3.8, 4) is 5.69 Å². The summed E-state index contributed by atoms with van der Waals surface area (Å²) in [5.74, 6) is 0. The Labute approximate surface area is 130 Å². The van der Waals surface area contributed by atoms with Gasteiger partial charge in [-0.3, -0.25) is 4.57 Å². The third-order valence-corrected chi connectivity index (χ3v) is 4.62. The predicted molar refractivity (Wildman–Crippen MR) is 87.1 cm³/mol. The highest BCUT2D eigenvalue weighted by Gasteiger charge is 2.15. The second-order valence-electron chi connectivity index (χ2n) is 4.80. The Morgan fingerprint density at radius 1 is 1.35 bits per heavy atom. The number of aromatic nitrogens is 4. The molecule has 0 atom stereocenters. The fraction of sp³-hybridized carbons (Fsp3) is 0.286. The number of aromatic amines is 1. The summed E-state index contributed by atoms with van der Waals surface area (Å²) in [6, 6.07) is 6.22. The molecule has 3 rings (SSSR count). The maximum atomic E-state index is 5.49. The Hall–Kier alpha value is -1.40. The Bertz CT molecular complexity index is 856. The molecule has 0 radical (unpaired) electrons. The number of fused-ring (bicyclic) bond motifs is 1. The smallest absolute Gasteiger partial charge is 0.184 e. The van der Waals surface area contributed by atoms with Crippen LogP contribution in [0.3, 0.4) is 0 Å². The second-order valence-corrected chi connectivity index (χ2v) is 6.04. The van der Waals surface area contributed by atoms with Gasteiger partial charge in [0.05, 0.1) is 11.4 Å². The van der Waals surface area contributed by atoms with Gasteiger partial charge in [-0.2, -0.15) is 5.10 Å². The number of imidazole rings is 1. The highest BCUT2D eigenvalue weighted by molar-refractivity contribution is 9.10. The third kappa shape index (κ3) is 1.94. The predicted octanol–water partition coefficient (Wildman–Crippen LogP) is 4.28. The summed E-state index contributed by atoms with van der Waals surface area (Å²) >= 11 is 9.02. The molecule has 2 aromatic heterocycles. The van der Waals surface area contributed by atoms with E-state index in [-0.39, 0.29) is 0 Å². The van der Waals surface area contributed by atoms with E-state index in [1.165, 1.54) is 5.56 Å². The van der Waals surface area contributed by atoms with Crippen molar-refractivity contribution >= 4 is 39.3 Å². The Balaban J connectivity index is 2.37. The van der Waals surface area contributed by atoms with Crippen LogP contribution in [0.15, 0.2) is 22.7 Å². The normalized spacial score (nSPS) is 11.4. The van der Waals surface area contributed by atoms with Crippen LogP contribution in [0.1, 0.15) is 18.2 Å². The summed E-state index contributed by atoms with van der Waals surface area (Å²) in [5.41, 5.74) is 5.24. The van der Waals surface area contributed by atoms with E-state index in [2.05, 4.69) is 52.0 Å². The molecule has 4 nitrogen and oxygen atoms in total. The van der Waals surface area contributed by atoms with Crippen LogP contribution in [0.2, 0.25) is 0 Å². The molecule has 20 heavy (non-hydrogen) atoms. The van der Waals surface area contributed by atoms with Crippen LogP contribution in [-0.2, 0) is 6.54 Å². The van der Waals surface area contributed by atoms with E-state index < -0.39 is 0 Å². The molecule has 0 saturated carbocycles. The van der Waals surface area contributed by atoms with Crippen molar-refractivity contribution in [1.29, 1.82) is 0 Å². The average molecular weight is 351 g/mol. The molecule has 1 N–H and O–H groups in total. The highest BCUT2D eigenvalue weighted by atomic mass is 79.9. The molecular formula is C14H15BrN4S. The first-order valence-corrected chi connectivity index (χ1v) is 7.67. The van der Waals surface area contributed by atoms with E-state index in [0.29, 0.717) is 4.77 Å². The second kappa shape index (κ2) is 4.86. The van der Waals surface area contributed by atoms with Crippen molar-refractivity contribution in [2.45, 2.75) is 27.3 Å². The largest absolute Gasteiger partial charge is 0.327 e. The van der Waals surface area contributed by atoms with Crippen molar-refractivity contribution in [2.75, 3.05) is 0 Å². The lowest BCUT2D eigenvalue weighted by atomic mass is 10.2. The fourth-order valence-corrected chi connectivity index (χ4v) is 2.97. The summed E-state index contributed by atoms with van der Waals surface area (Å²) in [6.45, 7) is 6.96. The zero-order valence-corrected chi connectivity index (χ0v) is 14.0. The molecule has 104 valence electrons. The van der Waals surface area contributed by atoms with Gasteiger partial charge in [0.2, 0.25) is 0 Å². The SMILES string of the molecule is CCn1nc(C)c2[nH]c(=S)n(-c3ccc(Br)c(C)c3)c21. The molecule has 2 heterocycles. The van der Waals surface area contributed by atoms with Gasteiger partial charge in [0, 0.05) is 11.0 Å². The van der Waals surface area contributed by atoms with Gasteiger partial charge in [0.1, 0.15) is 5.52 Å². The van der Waals surface area contributed by atoms with E-state index in [1.807, 2.05) is 22.2 Å². The lowest BCUT2D eigenvalue weighted by molar-refractivity contribution is 0.661. The molecule has 0 aliphatic heterocycles. The lowest BCUT2D eigenvalue weighted by Gasteiger charge is -2.08. The molecule has 0 aliphatic carbocycles. The van der Waals surface area contributed by atoms with E-state index in [0.717, 1.165) is 33.6 Å². The molecule has 0 bridgehead atoms. The zero-order valence-electron chi connectivity index (χ0n) is 11.6. The lowest BCUT2D eigenvalue weighted by Crippen LogP contribution is -2.03. The van der Waals surface area contributed by atoms with Gasteiger partial charge in [-0.1, -0.05) is 15.9 Å². The molecule has 3 aromatic rings. The number of nitrogens with one attached hydrogen (secondary N) is 1. The molecule has 0 aliphatic rings. The van der Waals surface area contributed by atoms with Gasteiger partial charge >= 0.3 is 0 Å². The monoisotopic (exact) mass is 350 g/mol. The van der Waals surface area contributed by atoms with Gasteiger partial charge in [0.25, 0.3) is 0 Å². The van der Waals surface area contributed by atoms with E-state index in [4.69, 9.17) is 12.2 Å². The van der Waals surface area contributed by atoms with Gasteiger partial charge in [-0.15, -0.1) is 0 Å². The number of halogens is 1. The molecule has 0 fully saturated rings. The summed E-state index contributed by atoms with van der Waals surface area (Å²) in [4.78, 5) is 3.27. The summed E-state index contributed by atoms with van der Waals surface area (Å²) in [5, 5.41) is 4.54. The molecule has 6 heteroatoms. The summed E-state index contributed by atoms with van der Waals surface area (Å²) < 4.78 is 5.83. The first-order chi connectivity index (χ1) is 9.52. The van der Waals surface area contributed by atoms with Crippen LogP contribution in [0.4, 0.5) is 0 Å². The van der Waals surface area contributed by atoms with Crippen molar-refractivity contribution in [2.24, 2.45) is 0 Å². The summed E-state index contributed by atoms with van der Waals surface area (Å²) in [6.07, 6.45) is 0. The van der Waals surface area contributed by atoms with Crippen LogP contribution >= 0.6 is 28.1 Å². The number of benzene rings is 1. The van der Waals surface area contributed by atoms with Crippen LogP contribution in [0.25, 0.3) is 16.9 Å². The quantitative estimate of drug-likeness (QED) is 0.700. The van der Waals surface area contributed by atoms with Crippen LogP contribution < -0.4 is 0 Å².